The number of hydrogen-bond acceptors (Lipinski definition) is 6. The summed E-state index contributed by atoms with van der Waals surface area (Å²) in [6.07, 6.45) is 5.75. The van der Waals surface area contributed by atoms with E-state index in [2.05, 4.69) is 20.6 Å². The molecule has 0 spiro atoms. The van der Waals surface area contributed by atoms with E-state index in [-0.39, 0.29) is 31.1 Å². The van der Waals surface area contributed by atoms with Gasteiger partial charge in [0.1, 0.15) is 11.8 Å². The minimum atomic E-state index is -0.415. The molecule has 2 aromatic heterocycles. The molecular weight excluding hydrogens is 394 g/mol. The fourth-order valence-electron chi connectivity index (χ4n) is 3.86. The molecule has 0 aliphatic carbocycles. The van der Waals surface area contributed by atoms with E-state index in [0.717, 1.165) is 36.2 Å². The predicted octanol–water partition coefficient (Wildman–Crippen LogP) is 2.00. The lowest BCUT2D eigenvalue weighted by Gasteiger charge is -2.36. The second-order valence-corrected chi connectivity index (χ2v) is 7.75. The summed E-state index contributed by atoms with van der Waals surface area (Å²) in [5, 5.41) is 21.2. The largest absolute Gasteiger partial charge is 0.394 e. The molecule has 8 nitrogen and oxygen atoms in total. The average Bonchev–Trinajstić information content (AvgIpc) is 3.29. The summed E-state index contributed by atoms with van der Waals surface area (Å²) in [4.78, 5) is 16.5. The average molecular weight is 422 g/mol. The number of benzene rings is 1. The van der Waals surface area contributed by atoms with Crippen molar-refractivity contribution in [2.75, 3.05) is 6.61 Å². The zero-order valence-electron chi connectivity index (χ0n) is 17.3. The van der Waals surface area contributed by atoms with Crippen LogP contribution in [0, 0.1) is 0 Å². The van der Waals surface area contributed by atoms with E-state index >= 15 is 0 Å². The maximum absolute atomic E-state index is 12.3. The van der Waals surface area contributed by atoms with Crippen LogP contribution in [-0.2, 0) is 22.5 Å². The van der Waals surface area contributed by atoms with Gasteiger partial charge in [0.15, 0.2) is 0 Å². The van der Waals surface area contributed by atoms with Crippen LogP contribution in [0.1, 0.15) is 25.0 Å². The topological polar surface area (TPSA) is 102 Å². The Hall–Kier alpha value is -3.10. The Bertz CT molecular complexity index is 964. The third kappa shape index (κ3) is 5.74. The van der Waals surface area contributed by atoms with Gasteiger partial charge in [-0.2, -0.15) is 0 Å². The van der Waals surface area contributed by atoms with E-state index in [1.165, 1.54) is 0 Å². The standard InChI is InChI=1S/C23H27N5O3/c29-16-22-20(25-23(30)14-18-8-4-5-12-24-18)10-9-19(31-22)11-13-28-15-21(26-27-28)17-6-2-1-3-7-17/h1-8,12,15,19-20,22,29H,9-11,13-14,16H2,(H,25,30)/t19-,20+,22+/m0/s1. The number of aryl methyl sites for hydroxylation is 1. The quantitative estimate of drug-likeness (QED) is 0.577. The molecule has 31 heavy (non-hydrogen) atoms. The van der Waals surface area contributed by atoms with Crippen LogP contribution >= 0.6 is 0 Å². The number of rotatable bonds is 8. The number of amides is 1. The van der Waals surface area contributed by atoms with Crippen LogP contribution in [0.5, 0.6) is 0 Å². The second-order valence-electron chi connectivity index (χ2n) is 7.75. The molecule has 1 aliphatic heterocycles. The molecule has 8 heteroatoms. The smallest absolute Gasteiger partial charge is 0.226 e. The second kappa shape index (κ2) is 10.3. The fourth-order valence-corrected chi connectivity index (χ4v) is 3.86. The SMILES string of the molecule is O=C(Cc1ccccn1)N[C@@H]1CC[C@@H](CCn2cc(-c3ccccc3)nn2)O[C@@H]1CO. The first-order valence-electron chi connectivity index (χ1n) is 10.6. The van der Waals surface area contributed by atoms with Crippen molar-refractivity contribution in [1.29, 1.82) is 0 Å². The van der Waals surface area contributed by atoms with Crippen molar-refractivity contribution < 1.29 is 14.6 Å². The number of pyridine rings is 1. The van der Waals surface area contributed by atoms with Crippen LogP contribution in [-0.4, -0.2) is 55.8 Å². The van der Waals surface area contributed by atoms with Crippen LogP contribution in [0.4, 0.5) is 0 Å². The number of carbonyl (C=O) groups is 1. The van der Waals surface area contributed by atoms with Crippen molar-refractivity contribution in [2.45, 2.75) is 50.5 Å². The van der Waals surface area contributed by atoms with Gasteiger partial charge in [0, 0.05) is 24.0 Å². The van der Waals surface area contributed by atoms with Gasteiger partial charge >= 0.3 is 0 Å². The van der Waals surface area contributed by atoms with Crippen molar-refractivity contribution in [2.24, 2.45) is 0 Å². The zero-order valence-corrected chi connectivity index (χ0v) is 17.3. The maximum atomic E-state index is 12.3. The van der Waals surface area contributed by atoms with Crippen molar-refractivity contribution in [3.63, 3.8) is 0 Å². The first-order chi connectivity index (χ1) is 15.2. The Labute approximate surface area is 181 Å². The van der Waals surface area contributed by atoms with Crippen molar-refractivity contribution >= 4 is 5.91 Å². The maximum Gasteiger partial charge on any atom is 0.226 e. The first-order valence-corrected chi connectivity index (χ1v) is 10.6. The Balaban J connectivity index is 1.26. The Morgan fingerprint density at radius 1 is 1.16 bits per heavy atom. The van der Waals surface area contributed by atoms with Crippen molar-refractivity contribution in [3.8, 4) is 11.3 Å². The minimum absolute atomic E-state index is 0.00506. The molecule has 1 saturated heterocycles. The van der Waals surface area contributed by atoms with Gasteiger partial charge in [-0.05, 0) is 31.4 Å². The van der Waals surface area contributed by atoms with E-state index in [1.54, 1.807) is 6.20 Å². The number of carbonyl (C=O) groups excluding carboxylic acids is 1. The molecule has 4 rings (SSSR count). The number of hydrogen-bond donors (Lipinski definition) is 2. The molecule has 2 N–H and O–H groups in total. The number of nitrogens with one attached hydrogen (secondary N) is 1. The van der Waals surface area contributed by atoms with Gasteiger partial charge in [0.2, 0.25) is 5.91 Å². The van der Waals surface area contributed by atoms with E-state index in [9.17, 15) is 9.90 Å². The normalized spacial score (nSPS) is 21.0. The summed E-state index contributed by atoms with van der Waals surface area (Å²) in [6, 6.07) is 15.2. The van der Waals surface area contributed by atoms with Crippen LogP contribution in [0.25, 0.3) is 11.3 Å². The van der Waals surface area contributed by atoms with Gasteiger partial charge in [-0.25, -0.2) is 0 Å². The van der Waals surface area contributed by atoms with Crippen LogP contribution in [0.3, 0.4) is 0 Å². The molecule has 162 valence electrons. The molecule has 1 aliphatic rings. The molecule has 0 saturated carbocycles. The molecule has 0 bridgehead atoms. The summed E-state index contributed by atoms with van der Waals surface area (Å²) in [6.45, 7) is 0.547. The van der Waals surface area contributed by atoms with Crippen molar-refractivity contribution in [1.82, 2.24) is 25.3 Å². The number of nitrogens with zero attached hydrogens (tertiary/aromatic N) is 4. The summed E-state index contributed by atoms with van der Waals surface area (Å²) in [5.41, 5.74) is 2.60. The highest BCUT2D eigenvalue weighted by Gasteiger charge is 2.31. The van der Waals surface area contributed by atoms with Gasteiger partial charge in [0.25, 0.3) is 0 Å². The molecular formula is C23H27N5O3. The van der Waals surface area contributed by atoms with Gasteiger partial charge in [-0.1, -0.05) is 41.6 Å². The van der Waals surface area contributed by atoms with Gasteiger partial charge in [-0.3, -0.25) is 14.5 Å². The third-order valence-electron chi connectivity index (χ3n) is 5.50. The highest BCUT2D eigenvalue weighted by atomic mass is 16.5. The minimum Gasteiger partial charge on any atom is -0.394 e. The Morgan fingerprint density at radius 2 is 2.00 bits per heavy atom. The summed E-state index contributed by atoms with van der Waals surface area (Å²) in [5.74, 6) is -0.111. The fraction of sp³-hybridized carbons (Fsp3) is 0.391. The molecule has 3 heterocycles. The monoisotopic (exact) mass is 421 g/mol. The highest BCUT2D eigenvalue weighted by Crippen LogP contribution is 2.23. The Kier molecular flexibility index (Phi) is 7.01. The highest BCUT2D eigenvalue weighted by molar-refractivity contribution is 5.78. The molecule has 3 aromatic rings. The van der Waals surface area contributed by atoms with Crippen LogP contribution in [0.2, 0.25) is 0 Å². The number of ether oxygens (including phenoxy) is 1. The lowest BCUT2D eigenvalue weighted by Crippen LogP contribution is -2.51. The molecule has 1 aromatic carbocycles. The number of aliphatic hydroxyl groups is 1. The van der Waals surface area contributed by atoms with E-state index < -0.39 is 6.10 Å². The van der Waals surface area contributed by atoms with Gasteiger partial charge < -0.3 is 15.2 Å². The van der Waals surface area contributed by atoms with E-state index in [0.29, 0.717) is 6.54 Å². The number of aromatic nitrogens is 4. The van der Waals surface area contributed by atoms with Crippen LogP contribution < -0.4 is 5.32 Å². The third-order valence-corrected chi connectivity index (χ3v) is 5.50. The lowest BCUT2D eigenvalue weighted by molar-refractivity contribution is -0.128. The van der Waals surface area contributed by atoms with Gasteiger partial charge in [0.05, 0.1) is 31.4 Å². The summed E-state index contributed by atoms with van der Waals surface area (Å²) >= 11 is 0. The molecule has 0 radical (unpaired) electrons. The van der Waals surface area contributed by atoms with Gasteiger partial charge in [-0.15, -0.1) is 5.10 Å². The number of aliphatic hydroxyl groups excluding tert-OH is 1. The predicted molar refractivity (Wildman–Crippen MR) is 115 cm³/mol. The molecule has 3 atom stereocenters. The summed E-state index contributed by atoms with van der Waals surface area (Å²) < 4.78 is 7.89. The molecule has 1 amide bonds. The molecule has 1 fully saturated rings. The zero-order chi connectivity index (χ0) is 21.5. The van der Waals surface area contributed by atoms with E-state index in [1.807, 2.05) is 59.4 Å². The first kappa shape index (κ1) is 21.1. The Morgan fingerprint density at radius 3 is 2.77 bits per heavy atom. The van der Waals surface area contributed by atoms with Crippen LogP contribution in [0.15, 0.2) is 60.9 Å². The molecule has 0 unspecified atom stereocenters. The van der Waals surface area contributed by atoms with Crippen molar-refractivity contribution in [3.05, 3.63) is 66.6 Å². The lowest BCUT2D eigenvalue weighted by atomic mass is 9.97. The van der Waals surface area contributed by atoms with E-state index in [4.69, 9.17) is 4.74 Å². The summed E-state index contributed by atoms with van der Waals surface area (Å²) in [7, 11) is 0.